The molecule has 0 aliphatic carbocycles. The number of carbonyl (C=O) groups excluding carboxylic acids is 1. The van der Waals surface area contributed by atoms with Crippen molar-refractivity contribution in [2.24, 2.45) is 0 Å². The molecule has 0 aromatic heterocycles. The van der Waals surface area contributed by atoms with Crippen LogP contribution in [0.15, 0.2) is 18.2 Å². The maximum Gasteiger partial charge on any atom is 0.224 e. The van der Waals surface area contributed by atoms with E-state index in [1.165, 1.54) is 32.1 Å². The van der Waals surface area contributed by atoms with Crippen molar-refractivity contribution in [1.29, 1.82) is 0 Å². The highest BCUT2D eigenvalue weighted by Crippen LogP contribution is 2.24. The summed E-state index contributed by atoms with van der Waals surface area (Å²) in [4.78, 5) is 11.5. The molecule has 1 atom stereocenters. The van der Waals surface area contributed by atoms with Gasteiger partial charge in [-0.1, -0.05) is 45.6 Å². The fraction of sp³-hybridized carbons (Fsp3) is 0.611. The Morgan fingerprint density at radius 1 is 1.14 bits per heavy atom. The van der Waals surface area contributed by atoms with E-state index in [-0.39, 0.29) is 5.91 Å². The van der Waals surface area contributed by atoms with Crippen LogP contribution in [0.1, 0.15) is 64.9 Å². The Bertz CT molecular complexity index is 443. The Balaban J connectivity index is 2.58. The molecule has 21 heavy (non-hydrogen) atoms. The molecular weight excluding hydrogens is 260 g/mol. The van der Waals surface area contributed by atoms with Gasteiger partial charge in [-0.25, -0.2) is 0 Å². The number of rotatable bonds is 9. The van der Waals surface area contributed by atoms with E-state index in [1.807, 2.05) is 19.1 Å². The van der Waals surface area contributed by atoms with Crippen LogP contribution in [0.5, 0.6) is 0 Å². The number of carbonyl (C=O) groups is 1. The van der Waals surface area contributed by atoms with Gasteiger partial charge in [-0.3, -0.25) is 4.79 Å². The molecule has 0 saturated heterocycles. The number of hydrogen-bond acceptors (Lipinski definition) is 2. The lowest BCUT2D eigenvalue weighted by atomic mass is 10.1. The molecule has 1 rings (SSSR count). The van der Waals surface area contributed by atoms with Crippen LogP contribution in [0, 0.1) is 6.92 Å². The number of hydrogen-bond donors (Lipinski definition) is 2. The first-order valence-electron chi connectivity index (χ1n) is 8.24. The average molecular weight is 290 g/mol. The minimum absolute atomic E-state index is 0.0582. The molecule has 3 heteroatoms. The van der Waals surface area contributed by atoms with Gasteiger partial charge in [0.1, 0.15) is 0 Å². The fourth-order valence-electron chi connectivity index (χ4n) is 2.38. The summed E-state index contributed by atoms with van der Waals surface area (Å²) < 4.78 is 0. The van der Waals surface area contributed by atoms with Gasteiger partial charge in [-0.15, -0.1) is 0 Å². The lowest BCUT2D eigenvalue weighted by Gasteiger charge is -2.19. The van der Waals surface area contributed by atoms with Crippen LogP contribution >= 0.6 is 0 Å². The van der Waals surface area contributed by atoms with Crippen LogP contribution in [0.2, 0.25) is 0 Å². The highest BCUT2D eigenvalue weighted by molar-refractivity contribution is 5.92. The van der Waals surface area contributed by atoms with E-state index in [2.05, 4.69) is 37.5 Å². The first-order valence-corrected chi connectivity index (χ1v) is 8.24. The molecule has 0 bridgehead atoms. The Hall–Kier alpha value is -1.51. The monoisotopic (exact) mass is 290 g/mol. The normalized spacial score (nSPS) is 12.0. The summed E-state index contributed by atoms with van der Waals surface area (Å²) in [6.07, 6.45) is 6.88. The second kappa shape index (κ2) is 9.43. The van der Waals surface area contributed by atoms with E-state index >= 15 is 0 Å². The Kier molecular flexibility index (Phi) is 7.88. The van der Waals surface area contributed by atoms with Crippen molar-refractivity contribution in [1.82, 2.24) is 0 Å². The zero-order chi connectivity index (χ0) is 15.7. The van der Waals surface area contributed by atoms with Crippen LogP contribution in [-0.2, 0) is 4.79 Å². The quantitative estimate of drug-likeness (QED) is 0.620. The number of amides is 1. The number of benzene rings is 1. The van der Waals surface area contributed by atoms with Gasteiger partial charge in [0.05, 0.1) is 0 Å². The Morgan fingerprint density at radius 3 is 2.52 bits per heavy atom. The van der Waals surface area contributed by atoms with Gasteiger partial charge in [0.2, 0.25) is 5.91 Å². The summed E-state index contributed by atoms with van der Waals surface area (Å²) in [5.74, 6) is 0.0582. The summed E-state index contributed by atoms with van der Waals surface area (Å²) >= 11 is 0. The van der Waals surface area contributed by atoms with Gasteiger partial charge in [0, 0.05) is 23.8 Å². The molecule has 0 fully saturated rings. The number of anilines is 2. The van der Waals surface area contributed by atoms with Crippen molar-refractivity contribution < 1.29 is 4.79 Å². The van der Waals surface area contributed by atoms with Gasteiger partial charge in [-0.05, 0) is 38.0 Å². The van der Waals surface area contributed by atoms with Crippen LogP contribution < -0.4 is 10.6 Å². The summed E-state index contributed by atoms with van der Waals surface area (Å²) in [6, 6.07) is 6.49. The molecule has 1 aromatic carbocycles. The molecule has 0 aliphatic rings. The van der Waals surface area contributed by atoms with Gasteiger partial charge >= 0.3 is 0 Å². The lowest BCUT2D eigenvalue weighted by molar-refractivity contribution is -0.115. The molecule has 3 nitrogen and oxygen atoms in total. The van der Waals surface area contributed by atoms with E-state index in [0.29, 0.717) is 12.5 Å². The predicted octanol–water partition coefficient (Wildman–Crippen LogP) is 5.11. The maximum atomic E-state index is 11.5. The zero-order valence-corrected chi connectivity index (χ0v) is 14.0. The standard InChI is InChI=1S/C18H30N2O/c1-5-7-8-9-11-14(3)19-16-12-10-13-17(15(16)4)20-18(21)6-2/h10,12-14,19H,5-9,11H2,1-4H3,(H,20,21). The first kappa shape index (κ1) is 17.5. The third-order valence-electron chi connectivity index (χ3n) is 3.82. The number of nitrogens with one attached hydrogen (secondary N) is 2. The van der Waals surface area contributed by atoms with Gasteiger partial charge in [-0.2, -0.15) is 0 Å². The molecule has 0 spiro atoms. The molecular formula is C18H30N2O. The van der Waals surface area contributed by atoms with E-state index in [4.69, 9.17) is 0 Å². The topological polar surface area (TPSA) is 41.1 Å². The third-order valence-corrected chi connectivity index (χ3v) is 3.82. The predicted molar refractivity (Wildman–Crippen MR) is 91.9 cm³/mol. The molecule has 0 aliphatic heterocycles. The van der Waals surface area contributed by atoms with Gasteiger partial charge in [0.25, 0.3) is 0 Å². The molecule has 0 radical (unpaired) electrons. The number of unbranched alkanes of at least 4 members (excludes halogenated alkanes) is 3. The zero-order valence-electron chi connectivity index (χ0n) is 14.0. The van der Waals surface area contributed by atoms with Gasteiger partial charge < -0.3 is 10.6 Å². The van der Waals surface area contributed by atoms with Crippen molar-refractivity contribution in [3.05, 3.63) is 23.8 Å². The van der Waals surface area contributed by atoms with Crippen LogP contribution in [0.4, 0.5) is 11.4 Å². The molecule has 1 amide bonds. The van der Waals surface area contributed by atoms with Crippen molar-refractivity contribution >= 4 is 17.3 Å². The van der Waals surface area contributed by atoms with E-state index in [0.717, 1.165) is 16.9 Å². The van der Waals surface area contributed by atoms with Gasteiger partial charge in [0.15, 0.2) is 0 Å². The SMILES string of the molecule is CCCCCCC(C)Nc1cccc(NC(=O)CC)c1C. The Morgan fingerprint density at radius 2 is 1.86 bits per heavy atom. The second-order valence-electron chi connectivity index (χ2n) is 5.77. The lowest BCUT2D eigenvalue weighted by Crippen LogP contribution is -2.17. The van der Waals surface area contributed by atoms with Crippen molar-refractivity contribution in [2.45, 2.75) is 72.3 Å². The highest BCUT2D eigenvalue weighted by atomic mass is 16.1. The molecule has 0 saturated carbocycles. The summed E-state index contributed by atoms with van der Waals surface area (Å²) in [5.41, 5.74) is 3.14. The van der Waals surface area contributed by atoms with Crippen molar-refractivity contribution in [3.8, 4) is 0 Å². The average Bonchev–Trinajstić information content (AvgIpc) is 2.47. The van der Waals surface area contributed by atoms with Crippen LogP contribution in [-0.4, -0.2) is 11.9 Å². The molecule has 1 aromatic rings. The maximum absolute atomic E-state index is 11.5. The minimum atomic E-state index is 0.0582. The van der Waals surface area contributed by atoms with Crippen molar-refractivity contribution in [2.75, 3.05) is 10.6 Å². The minimum Gasteiger partial charge on any atom is -0.382 e. The largest absolute Gasteiger partial charge is 0.382 e. The summed E-state index contributed by atoms with van der Waals surface area (Å²) in [5, 5.41) is 6.52. The second-order valence-corrected chi connectivity index (χ2v) is 5.77. The Labute approximate surface area is 129 Å². The fourth-order valence-corrected chi connectivity index (χ4v) is 2.38. The van der Waals surface area contributed by atoms with E-state index in [1.54, 1.807) is 0 Å². The first-order chi connectivity index (χ1) is 10.1. The summed E-state index contributed by atoms with van der Waals surface area (Å²) in [6.45, 7) is 8.38. The highest BCUT2D eigenvalue weighted by Gasteiger charge is 2.08. The van der Waals surface area contributed by atoms with Crippen LogP contribution in [0.3, 0.4) is 0 Å². The van der Waals surface area contributed by atoms with Crippen LogP contribution in [0.25, 0.3) is 0 Å². The van der Waals surface area contributed by atoms with E-state index in [9.17, 15) is 4.79 Å². The molecule has 118 valence electrons. The third kappa shape index (κ3) is 6.19. The molecule has 0 heterocycles. The smallest absolute Gasteiger partial charge is 0.224 e. The van der Waals surface area contributed by atoms with E-state index < -0.39 is 0 Å². The van der Waals surface area contributed by atoms with Crippen molar-refractivity contribution in [3.63, 3.8) is 0 Å². The summed E-state index contributed by atoms with van der Waals surface area (Å²) in [7, 11) is 0. The molecule has 1 unspecified atom stereocenters. The molecule has 2 N–H and O–H groups in total.